The van der Waals surface area contributed by atoms with Crippen molar-refractivity contribution in [2.45, 2.75) is 39.3 Å². The Labute approximate surface area is 152 Å². The van der Waals surface area contributed by atoms with E-state index in [-0.39, 0.29) is 17.2 Å². The highest BCUT2D eigenvalue weighted by Gasteiger charge is 2.22. The number of aromatic nitrogens is 2. The maximum Gasteiger partial charge on any atom is 0.254 e. The maximum atomic E-state index is 12.3. The lowest BCUT2D eigenvalue weighted by Crippen LogP contribution is -2.35. The summed E-state index contributed by atoms with van der Waals surface area (Å²) in [6.07, 6.45) is 0.662. The highest BCUT2D eigenvalue weighted by atomic mass is 16.5. The van der Waals surface area contributed by atoms with E-state index in [4.69, 9.17) is 9.47 Å². The first-order chi connectivity index (χ1) is 12.4. The van der Waals surface area contributed by atoms with Crippen LogP contribution in [0.4, 0.5) is 0 Å². The number of H-pyrrole nitrogens is 1. The zero-order valence-corrected chi connectivity index (χ0v) is 15.6. The van der Waals surface area contributed by atoms with Crippen molar-refractivity contribution in [3.05, 3.63) is 45.1 Å². The summed E-state index contributed by atoms with van der Waals surface area (Å²) in [5, 5.41) is 10.1. The quantitative estimate of drug-likeness (QED) is 0.851. The van der Waals surface area contributed by atoms with Crippen molar-refractivity contribution in [2.75, 3.05) is 20.8 Å². The van der Waals surface area contributed by atoms with Gasteiger partial charge in [-0.05, 0) is 24.1 Å². The average Bonchev–Trinajstić information content (AvgIpc) is 2.60. The largest absolute Gasteiger partial charge is 0.504 e. The van der Waals surface area contributed by atoms with Gasteiger partial charge < -0.3 is 19.6 Å². The van der Waals surface area contributed by atoms with Crippen LogP contribution in [0.25, 0.3) is 0 Å². The molecule has 26 heavy (non-hydrogen) atoms. The van der Waals surface area contributed by atoms with Gasteiger partial charge in [-0.15, -0.1) is 0 Å². The SMILES string of the molecule is COc1cc(CN2CCc3c(nc(C(C)C)[nH]c3=O)C2)cc(O)c1OC. The molecule has 1 aliphatic heterocycles. The predicted octanol–water partition coefficient (Wildman–Crippen LogP) is 2.17. The minimum Gasteiger partial charge on any atom is -0.504 e. The van der Waals surface area contributed by atoms with E-state index in [0.29, 0.717) is 31.0 Å². The average molecular weight is 359 g/mol. The first kappa shape index (κ1) is 18.3. The summed E-state index contributed by atoms with van der Waals surface area (Å²) in [5.74, 6) is 1.77. The van der Waals surface area contributed by atoms with Crippen LogP contribution in [0.1, 0.15) is 42.4 Å². The molecule has 0 saturated heterocycles. The molecule has 7 nitrogen and oxygen atoms in total. The van der Waals surface area contributed by atoms with Crippen molar-refractivity contribution < 1.29 is 14.6 Å². The molecule has 3 rings (SSSR count). The Balaban J connectivity index is 1.84. The van der Waals surface area contributed by atoms with Gasteiger partial charge in [0.05, 0.1) is 19.9 Å². The first-order valence-corrected chi connectivity index (χ1v) is 8.71. The van der Waals surface area contributed by atoms with Crippen LogP contribution in [0.3, 0.4) is 0 Å². The van der Waals surface area contributed by atoms with Crippen molar-refractivity contribution in [3.63, 3.8) is 0 Å². The Morgan fingerprint density at radius 2 is 2.08 bits per heavy atom. The van der Waals surface area contributed by atoms with Gasteiger partial charge in [-0.25, -0.2) is 4.98 Å². The van der Waals surface area contributed by atoms with Gasteiger partial charge in [-0.1, -0.05) is 13.8 Å². The molecule has 0 unspecified atom stereocenters. The lowest BCUT2D eigenvalue weighted by atomic mass is 10.0. The number of phenolic OH excluding ortho intramolecular Hbond substituents is 1. The molecule has 1 aromatic heterocycles. The number of phenols is 1. The van der Waals surface area contributed by atoms with Gasteiger partial charge in [0.25, 0.3) is 5.56 Å². The van der Waals surface area contributed by atoms with Crippen LogP contribution < -0.4 is 15.0 Å². The highest BCUT2D eigenvalue weighted by Crippen LogP contribution is 2.37. The number of aromatic amines is 1. The third-order valence-electron chi connectivity index (χ3n) is 4.64. The first-order valence-electron chi connectivity index (χ1n) is 8.71. The van der Waals surface area contributed by atoms with Crippen molar-refractivity contribution in [1.82, 2.24) is 14.9 Å². The molecule has 0 fully saturated rings. The molecule has 0 radical (unpaired) electrons. The second kappa shape index (κ2) is 7.37. The summed E-state index contributed by atoms with van der Waals surface area (Å²) in [7, 11) is 3.04. The predicted molar refractivity (Wildman–Crippen MR) is 98.0 cm³/mol. The van der Waals surface area contributed by atoms with E-state index >= 15 is 0 Å². The van der Waals surface area contributed by atoms with Gasteiger partial charge in [0, 0.05) is 31.1 Å². The number of nitrogens with zero attached hydrogens (tertiary/aromatic N) is 2. The Morgan fingerprint density at radius 1 is 1.31 bits per heavy atom. The number of aromatic hydroxyl groups is 1. The molecular formula is C19H25N3O4. The number of methoxy groups -OCH3 is 2. The van der Waals surface area contributed by atoms with E-state index in [1.54, 1.807) is 13.2 Å². The van der Waals surface area contributed by atoms with Crippen LogP contribution in [0, 0.1) is 0 Å². The number of rotatable bonds is 5. The van der Waals surface area contributed by atoms with Crippen LogP contribution >= 0.6 is 0 Å². The summed E-state index contributed by atoms with van der Waals surface area (Å²) in [6, 6.07) is 3.54. The third-order valence-corrected chi connectivity index (χ3v) is 4.64. The maximum absolute atomic E-state index is 12.3. The Bertz CT molecular complexity index is 861. The number of fused-ring (bicyclic) bond motifs is 1. The monoisotopic (exact) mass is 359 g/mol. The van der Waals surface area contributed by atoms with E-state index in [1.165, 1.54) is 7.11 Å². The zero-order chi connectivity index (χ0) is 18.8. The van der Waals surface area contributed by atoms with Crippen molar-refractivity contribution in [1.29, 1.82) is 0 Å². The Hall–Kier alpha value is -2.54. The van der Waals surface area contributed by atoms with E-state index in [1.807, 2.05) is 19.9 Å². The second-order valence-corrected chi connectivity index (χ2v) is 6.84. The fourth-order valence-electron chi connectivity index (χ4n) is 3.27. The van der Waals surface area contributed by atoms with Gasteiger partial charge in [0.2, 0.25) is 5.75 Å². The standard InChI is InChI=1S/C19H25N3O4/c1-11(2)18-20-14-10-22(6-5-13(14)19(24)21-18)9-12-7-15(23)17(26-4)16(8-12)25-3/h7-8,11,23H,5-6,9-10H2,1-4H3,(H,20,21,24). The minimum absolute atomic E-state index is 0.0258. The van der Waals surface area contributed by atoms with Crippen LogP contribution in [-0.4, -0.2) is 40.7 Å². The molecule has 0 atom stereocenters. The van der Waals surface area contributed by atoms with Crippen molar-refractivity contribution in [3.8, 4) is 17.2 Å². The smallest absolute Gasteiger partial charge is 0.254 e. The van der Waals surface area contributed by atoms with Crippen LogP contribution in [-0.2, 0) is 19.5 Å². The number of benzene rings is 1. The van der Waals surface area contributed by atoms with E-state index in [2.05, 4.69) is 14.9 Å². The number of ether oxygens (including phenoxy) is 2. The summed E-state index contributed by atoms with van der Waals surface area (Å²) in [6.45, 7) is 6.01. The lowest BCUT2D eigenvalue weighted by molar-refractivity contribution is 0.238. The number of hydrogen-bond donors (Lipinski definition) is 2. The lowest BCUT2D eigenvalue weighted by Gasteiger charge is -2.28. The molecule has 0 spiro atoms. The number of nitrogens with one attached hydrogen (secondary N) is 1. The Kier molecular flexibility index (Phi) is 5.18. The molecule has 140 valence electrons. The van der Waals surface area contributed by atoms with Crippen molar-refractivity contribution >= 4 is 0 Å². The summed E-state index contributed by atoms with van der Waals surface area (Å²) >= 11 is 0. The molecular weight excluding hydrogens is 334 g/mol. The molecule has 0 aliphatic carbocycles. The van der Waals surface area contributed by atoms with E-state index in [0.717, 1.165) is 29.2 Å². The van der Waals surface area contributed by atoms with Crippen molar-refractivity contribution in [2.24, 2.45) is 0 Å². The zero-order valence-electron chi connectivity index (χ0n) is 15.6. The molecule has 1 aliphatic rings. The molecule has 0 saturated carbocycles. The van der Waals surface area contributed by atoms with Crippen LogP contribution in [0.5, 0.6) is 17.2 Å². The normalized spacial score (nSPS) is 14.3. The van der Waals surface area contributed by atoms with Gasteiger partial charge in [0.1, 0.15) is 5.82 Å². The van der Waals surface area contributed by atoms with E-state index in [9.17, 15) is 9.90 Å². The second-order valence-electron chi connectivity index (χ2n) is 6.84. The molecule has 2 aromatic rings. The molecule has 7 heteroatoms. The van der Waals surface area contributed by atoms with Crippen LogP contribution in [0.15, 0.2) is 16.9 Å². The summed E-state index contributed by atoms with van der Waals surface area (Å²) < 4.78 is 10.5. The van der Waals surface area contributed by atoms with Gasteiger partial charge >= 0.3 is 0 Å². The Morgan fingerprint density at radius 3 is 2.73 bits per heavy atom. The summed E-state index contributed by atoms with van der Waals surface area (Å²) in [4.78, 5) is 22.0. The molecule has 2 N–H and O–H groups in total. The molecule has 0 bridgehead atoms. The highest BCUT2D eigenvalue weighted by molar-refractivity contribution is 5.53. The van der Waals surface area contributed by atoms with Gasteiger partial charge in [0.15, 0.2) is 11.5 Å². The van der Waals surface area contributed by atoms with Crippen LogP contribution in [0.2, 0.25) is 0 Å². The molecule has 0 amide bonds. The topological polar surface area (TPSA) is 87.7 Å². The summed E-state index contributed by atoms with van der Waals surface area (Å²) in [5.41, 5.74) is 2.51. The van der Waals surface area contributed by atoms with Gasteiger partial charge in [-0.2, -0.15) is 0 Å². The molecule has 2 heterocycles. The van der Waals surface area contributed by atoms with Gasteiger partial charge in [-0.3, -0.25) is 9.69 Å². The third kappa shape index (κ3) is 3.53. The fraction of sp³-hybridized carbons (Fsp3) is 0.474. The fourth-order valence-corrected chi connectivity index (χ4v) is 3.27. The van der Waals surface area contributed by atoms with E-state index < -0.39 is 0 Å². The molecule has 1 aromatic carbocycles. The minimum atomic E-state index is -0.0258. The number of hydrogen-bond acceptors (Lipinski definition) is 6.